The smallest absolute Gasteiger partial charge is 0.232 e. The van der Waals surface area contributed by atoms with Gasteiger partial charge in [0.15, 0.2) is 0 Å². The summed E-state index contributed by atoms with van der Waals surface area (Å²) >= 11 is 0. The van der Waals surface area contributed by atoms with Crippen LogP contribution in [0.25, 0.3) is 0 Å². The van der Waals surface area contributed by atoms with E-state index < -0.39 is 0 Å². The molecule has 1 heterocycles. The number of carbonyl (C=O) groups is 2. The average molecular weight is 336 g/mol. The molecule has 0 aromatic heterocycles. The Kier molecular flexibility index (Phi) is 5.83. The van der Waals surface area contributed by atoms with Crippen LogP contribution in [0, 0.1) is 0 Å². The molecule has 4 heteroatoms. The van der Waals surface area contributed by atoms with Gasteiger partial charge in [0, 0.05) is 26.1 Å². The van der Waals surface area contributed by atoms with Crippen molar-refractivity contribution in [3.63, 3.8) is 0 Å². The van der Waals surface area contributed by atoms with Crippen LogP contribution < -0.4 is 5.32 Å². The number of hydrogen-bond donors (Lipinski definition) is 1. The van der Waals surface area contributed by atoms with E-state index in [-0.39, 0.29) is 17.7 Å². The van der Waals surface area contributed by atoms with Gasteiger partial charge in [-0.15, -0.1) is 0 Å². The first-order valence-corrected chi connectivity index (χ1v) is 8.91. The minimum atomic E-state index is -0.357. The van der Waals surface area contributed by atoms with Gasteiger partial charge in [-0.25, -0.2) is 0 Å². The molecular weight excluding hydrogens is 312 g/mol. The topological polar surface area (TPSA) is 49.4 Å². The summed E-state index contributed by atoms with van der Waals surface area (Å²) in [6.45, 7) is 2.08. The van der Waals surface area contributed by atoms with Crippen molar-refractivity contribution < 1.29 is 9.59 Å². The first kappa shape index (κ1) is 17.2. The molecule has 3 rings (SSSR count). The molecule has 1 N–H and O–H groups in total. The average Bonchev–Trinajstić information content (AvgIpc) is 3.18. The van der Waals surface area contributed by atoms with Crippen LogP contribution in [0.1, 0.15) is 36.3 Å². The lowest BCUT2D eigenvalue weighted by Crippen LogP contribution is -2.35. The molecule has 1 aliphatic heterocycles. The maximum absolute atomic E-state index is 12.8. The highest BCUT2D eigenvalue weighted by Crippen LogP contribution is 2.24. The molecule has 4 nitrogen and oxygen atoms in total. The van der Waals surface area contributed by atoms with Gasteiger partial charge in [-0.05, 0) is 24.0 Å². The van der Waals surface area contributed by atoms with Crippen molar-refractivity contribution in [1.29, 1.82) is 0 Å². The molecule has 0 bridgehead atoms. The van der Waals surface area contributed by atoms with Crippen LogP contribution in [0.4, 0.5) is 0 Å². The molecule has 1 aliphatic rings. The SMILES string of the molecule is O=C(NCCC(=O)N1CCCC1)C(c1ccccc1)c1ccccc1. The maximum atomic E-state index is 12.8. The molecule has 2 aromatic carbocycles. The van der Waals surface area contributed by atoms with E-state index in [0.29, 0.717) is 13.0 Å². The Morgan fingerprint density at radius 1 is 0.880 bits per heavy atom. The van der Waals surface area contributed by atoms with Crippen molar-refractivity contribution in [3.8, 4) is 0 Å². The number of hydrogen-bond acceptors (Lipinski definition) is 2. The summed E-state index contributed by atoms with van der Waals surface area (Å²) in [7, 11) is 0. The van der Waals surface area contributed by atoms with Crippen molar-refractivity contribution in [1.82, 2.24) is 10.2 Å². The molecule has 0 atom stereocenters. The molecule has 0 spiro atoms. The largest absolute Gasteiger partial charge is 0.355 e. The van der Waals surface area contributed by atoms with Gasteiger partial charge in [0.2, 0.25) is 11.8 Å². The summed E-state index contributed by atoms with van der Waals surface area (Å²) in [5.74, 6) is -0.287. The molecule has 1 fully saturated rings. The number of nitrogens with zero attached hydrogens (tertiary/aromatic N) is 1. The molecule has 2 amide bonds. The first-order valence-electron chi connectivity index (χ1n) is 8.91. The Balaban J connectivity index is 1.64. The van der Waals surface area contributed by atoms with Gasteiger partial charge < -0.3 is 10.2 Å². The fourth-order valence-corrected chi connectivity index (χ4v) is 3.31. The van der Waals surface area contributed by atoms with Gasteiger partial charge in [0.1, 0.15) is 0 Å². The minimum absolute atomic E-state index is 0.0633. The first-order chi connectivity index (χ1) is 12.3. The zero-order valence-electron chi connectivity index (χ0n) is 14.4. The van der Waals surface area contributed by atoms with Crippen molar-refractivity contribution in [2.75, 3.05) is 19.6 Å². The summed E-state index contributed by atoms with van der Waals surface area (Å²) < 4.78 is 0. The van der Waals surface area contributed by atoms with Gasteiger partial charge in [0.25, 0.3) is 0 Å². The standard InChI is InChI=1S/C21H24N2O2/c24-19(23-15-7-8-16-23)13-14-22-21(25)20(17-9-3-1-4-10-17)18-11-5-2-6-12-18/h1-6,9-12,20H,7-8,13-16H2,(H,22,25). The molecule has 25 heavy (non-hydrogen) atoms. The van der Waals surface area contributed by atoms with Crippen LogP contribution in [-0.4, -0.2) is 36.3 Å². The fourth-order valence-electron chi connectivity index (χ4n) is 3.31. The van der Waals surface area contributed by atoms with E-state index in [1.165, 1.54) is 0 Å². The van der Waals surface area contributed by atoms with Gasteiger partial charge >= 0.3 is 0 Å². The van der Waals surface area contributed by atoms with E-state index in [0.717, 1.165) is 37.1 Å². The van der Waals surface area contributed by atoms with Gasteiger partial charge in [0.05, 0.1) is 5.92 Å². The van der Waals surface area contributed by atoms with Crippen LogP contribution >= 0.6 is 0 Å². The third-order valence-corrected chi connectivity index (χ3v) is 4.62. The second-order valence-corrected chi connectivity index (χ2v) is 6.38. The Hall–Kier alpha value is -2.62. The summed E-state index contributed by atoms with van der Waals surface area (Å²) in [6, 6.07) is 19.5. The number of likely N-dealkylation sites (tertiary alicyclic amines) is 1. The normalized spacial score (nSPS) is 13.9. The molecule has 0 radical (unpaired) electrons. The predicted octanol–water partition coefficient (Wildman–Crippen LogP) is 2.95. The number of nitrogens with one attached hydrogen (secondary N) is 1. The van der Waals surface area contributed by atoms with Crippen LogP contribution in [-0.2, 0) is 9.59 Å². The molecule has 2 aromatic rings. The Morgan fingerprint density at radius 3 is 1.92 bits per heavy atom. The second kappa shape index (κ2) is 8.47. The molecular formula is C21H24N2O2. The highest BCUT2D eigenvalue weighted by atomic mass is 16.2. The molecule has 0 aliphatic carbocycles. The Labute approximate surface area is 148 Å². The summed E-state index contributed by atoms with van der Waals surface area (Å²) in [4.78, 5) is 26.8. The van der Waals surface area contributed by atoms with E-state index >= 15 is 0 Å². The highest BCUT2D eigenvalue weighted by Gasteiger charge is 2.23. The lowest BCUT2D eigenvalue weighted by atomic mass is 9.90. The molecule has 1 saturated heterocycles. The van der Waals surface area contributed by atoms with Crippen molar-refractivity contribution in [2.45, 2.75) is 25.2 Å². The van der Waals surface area contributed by atoms with E-state index in [1.54, 1.807) is 0 Å². The molecule has 0 saturated carbocycles. The van der Waals surface area contributed by atoms with Crippen LogP contribution in [0.15, 0.2) is 60.7 Å². The van der Waals surface area contributed by atoms with Crippen molar-refractivity contribution in [3.05, 3.63) is 71.8 Å². The molecule has 130 valence electrons. The third kappa shape index (κ3) is 4.47. The van der Waals surface area contributed by atoms with Crippen molar-refractivity contribution in [2.24, 2.45) is 0 Å². The van der Waals surface area contributed by atoms with E-state index in [2.05, 4.69) is 5.32 Å². The third-order valence-electron chi connectivity index (χ3n) is 4.62. The zero-order chi connectivity index (χ0) is 17.5. The highest BCUT2D eigenvalue weighted by molar-refractivity contribution is 5.87. The summed E-state index contributed by atoms with van der Waals surface area (Å²) in [5, 5.41) is 2.95. The number of carbonyl (C=O) groups excluding carboxylic acids is 2. The zero-order valence-corrected chi connectivity index (χ0v) is 14.4. The maximum Gasteiger partial charge on any atom is 0.232 e. The quantitative estimate of drug-likeness (QED) is 0.882. The lowest BCUT2D eigenvalue weighted by molar-refractivity contribution is -0.130. The van der Waals surface area contributed by atoms with Crippen LogP contribution in [0.3, 0.4) is 0 Å². The monoisotopic (exact) mass is 336 g/mol. The van der Waals surface area contributed by atoms with Crippen LogP contribution in [0.2, 0.25) is 0 Å². The molecule has 0 unspecified atom stereocenters. The summed E-state index contributed by atoms with van der Waals surface area (Å²) in [6.07, 6.45) is 2.53. The Morgan fingerprint density at radius 2 is 1.40 bits per heavy atom. The predicted molar refractivity (Wildman–Crippen MR) is 98.2 cm³/mol. The fraction of sp³-hybridized carbons (Fsp3) is 0.333. The van der Waals surface area contributed by atoms with Gasteiger partial charge in [-0.1, -0.05) is 60.7 Å². The summed E-state index contributed by atoms with van der Waals surface area (Å²) in [5.41, 5.74) is 1.91. The van der Waals surface area contributed by atoms with Gasteiger partial charge in [-0.2, -0.15) is 0 Å². The van der Waals surface area contributed by atoms with E-state index in [1.807, 2.05) is 65.6 Å². The number of benzene rings is 2. The lowest BCUT2D eigenvalue weighted by Gasteiger charge is -2.19. The Bertz CT molecular complexity index is 655. The number of amides is 2. The number of rotatable bonds is 6. The van der Waals surface area contributed by atoms with E-state index in [4.69, 9.17) is 0 Å². The van der Waals surface area contributed by atoms with E-state index in [9.17, 15) is 9.59 Å². The van der Waals surface area contributed by atoms with Crippen molar-refractivity contribution >= 4 is 11.8 Å². The minimum Gasteiger partial charge on any atom is -0.355 e. The van der Waals surface area contributed by atoms with Gasteiger partial charge in [-0.3, -0.25) is 9.59 Å². The van der Waals surface area contributed by atoms with Crippen LogP contribution in [0.5, 0.6) is 0 Å². The second-order valence-electron chi connectivity index (χ2n) is 6.38.